The smallest absolute Gasteiger partial charge is 0.260 e. The molecule has 6 nitrogen and oxygen atoms in total. The van der Waals surface area contributed by atoms with Gasteiger partial charge in [0.15, 0.2) is 11.5 Å². The predicted octanol–water partition coefficient (Wildman–Crippen LogP) is 4.84. The molecule has 1 amide bonds. The normalized spacial score (nSPS) is 17.2. The van der Waals surface area contributed by atoms with Gasteiger partial charge < -0.3 is 19.1 Å². The third kappa shape index (κ3) is 3.94. The first kappa shape index (κ1) is 20.5. The van der Waals surface area contributed by atoms with Crippen molar-refractivity contribution in [3.05, 3.63) is 53.7 Å². The second-order valence-corrected chi connectivity index (χ2v) is 7.85. The second kappa shape index (κ2) is 8.92. The summed E-state index contributed by atoms with van der Waals surface area (Å²) < 4.78 is 16.6. The van der Waals surface area contributed by atoms with E-state index >= 15 is 0 Å². The zero-order chi connectivity index (χ0) is 21.1. The van der Waals surface area contributed by atoms with E-state index in [-0.39, 0.29) is 11.9 Å². The Hall–Kier alpha value is -2.80. The van der Waals surface area contributed by atoms with Gasteiger partial charge in [0, 0.05) is 30.2 Å². The third-order valence-corrected chi connectivity index (χ3v) is 5.75. The molecular formula is C23H23BrN2O4. The van der Waals surface area contributed by atoms with Gasteiger partial charge in [-0.15, -0.1) is 0 Å². The fourth-order valence-corrected chi connectivity index (χ4v) is 3.86. The van der Waals surface area contributed by atoms with E-state index in [0.29, 0.717) is 35.8 Å². The number of carbonyl (C=O) groups excluding carboxylic acids is 1. The molecular weight excluding hydrogens is 448 g/mol. The topological polar surface area (TPSA) is 60.4 Å². The molecule has 0 saturated heterocycles. The van der Waals surface area contributed by atoms with Crippen LogP contribution >= 0.6 is 15.9 Å². The summed E-state index contributed by atoms with van der Waals surface area (Å²) in [6.45, 7) is 0.555. The highest BCUT2D eigenvalue weighted by Gasteiger charge is 2.33. The molecule has 0 aliphatic carbocycles. The number of benzene rings is 2. The molecule has 0 aromatic heterocycles. The monoisotopic (exact) mass is 470 g/mol. The Labute approximate surface area is 184 Å². The largest absolute Gasteiger partial charge is 0.497 e. The van der Waals surface area contributed by atoms with Gasteiger partial charge in [0.25, 0.3) is 5.91 Å². The van der Waals surface area contributed by atoms with Gasteiger partial charge in [-0.1, -0.05) is 28.1 Å². The van der Waals surface area contributed by atoms with Crippen LogP contribution < -0.4 is 14.2 Å². The molecule has 0 fully saturated rings. The van der Waals surface area contributed by atoms with Crippen LogP contribution in [0.1, 0.15) is 28.8 Å². The summed E-state index contributed by atoms with van der Waals surface area (Å²) in [5.74, 6) is 1.81. The van der Waals surface area contributed by atoms with Crippen LogP contribution in [0.5, 0.6) is 17.2 Å². The maximum absolute atomic E-state index is 13.3. The Morgan fingerprint density at radius 3 is 2.80 bits per heavy atom. The molecule has 2 heterocycles. The van der Waals surface area contributed by atoms with Crippen molar-refractivity contribution in [1.29, 1.82) is 0 Å². The van der Waals surface area contributed by atoms with Gasteiger partial charge >= 0.3 is 0 Å². The highest BCUT2D eigenvalue weighted by molar-refractivity contribution is 9.09. The zero-order valence-corrected chi connectivity index (χ0v) is 18.5. The number of amides is 1. The Bertz CT molecular complexity index is 1020. The number of hydrogen-bond donors (Lipinski definition) is 0. The van der Waals surface area contributed by atoms with E-state index in [2.05, 4.69) is 20.9 Å². The van der Waals surface area contributed by atoms with Crippen LogP contribution in [0.4, 0.5) is 5.69 Å². The lowest BCUT2D eigenvalue weighted by molar-refractivity contribution is 0.0817. The molecule has 156 valence electrons. The van der Waals surface area contributed by atoms with Crippen molar-refractivity contribution in [3.63, 3.8) is 0 Å². The van der Waals surface area contributed by atoms with Crippen molar-refractivity contribution in [2.75, 3.05) is 26.2 Å². The average molecular weight is 471 g/mol. The summed E-state index contributed by atoms with van der Waals surface area (Å²) in [5.41, 5.74) is 3.21. The number of carbonyl (C=O) groups is 1. The number of aliphatic imine (C=N–C) groups is 1. The number of methoxy groups -OCH3 is 2. The van der Waals surface area contributed by atoms with Crippen LogP contribution in [0.15, 0.2) is 47.6 Å². The van der Waals surface area contributed by atoms with Crippen molar-refractivity contribution in [2.24, 2.45) is 4.99 Å². The predicted molar refractivity (Wildman–Crippen MR) is 121 cm³/mol. The van der Waals surface area contributed by atoms with E-state index in [4.69, 9.17) is 14.2 Å². The van der Waals surface area contributed by atoms with E-state index < -0.39 is 0 Å². The highest BCUT2D eigenvalue weighted by atomic mass is 79.9. The van der Waals surface area contributed by atoms with Gasteiger partial charge in [0.05, 0.1) is 38.1 Å². The van der Waals surface area contributed by atoms with Crippen molar-refractivity contribution >= 4 is 39.3 Å². The average Bonchev–Trinajstić information content (AvgIpc) is 3.17. The van der Waals surface area contributed by atoms with Crippen LogP contribution in [0.2, 0.25) is 0 Å². The number of alkyl halides is 1. The molecule has 0 bridgehead atoms. The Morgan fingerprint density at radius 2 is 2.03 bits per heavy atom. The first-order valence-electron chi connectivity index (χ1n) is 9.77. The standard InChI is InChI=1S/C23H23BrN2O4/c1-28-18-6-3-5-15(10-18)16-9-17-13-25-20-12-22(30-8-4-7-24)21(29-2)11-19(20)23(27)26(17)14-16/h3,5-6,10-14,17H,4,7-9H2,1-2H3/t17-/m0/s1. The van der Waals surface area contributed by atoms with E-state index in [1.54, 1.807) is 31.3 Å². The van der Waals surface area contributed by atoms with Gasteiger partial charge in [-0.25, -0.2) is 0 Å². The van der Waals surface area contributed by atoms with E-state index in [9.17, 15) is 4.79 Å². The third-order valence-electron chi connectivity index (χ3n) is 5.19. The maximum atomic E-state index is 13.3. The Kier molecular flexibility index (Phi) is 6.08. The number of rotatable bonds is 7. The minimum Gasteiger partial charge on any atom is -0.497 e. The van der Waals surface area contributed by atoms with Gasteiger partial charge in [-0.2, -0.15) is 0 Å². The zero-order valence-electron chi connectivity index (χ0n) is 16.9. The van der Waals surface area contributed by atoms with Crippen molar-refractivity contribution < 1.29 is 19.0 Å². The molecule has 0 unspecified atom stereocenters. The van der Waals surface area contributed by atoms with Gasteiger partial charge in [-0.05, 0) is 35.8 Å². The molecule has 0 N–H and O–H groups in total. The quantitative estimate of drug-likeness (QED) is 0.429. The lowest BCUT2D eigenvalue weighted by Gasteiger charge is -2.19. The van der Waals surface area contributed by atoms with Gasteiger partial charge in [0.2, 0.25) is 0 Å². The molecule has 0 saturated carbocycles. The molecule has 2 aromatic rings. The molecule has 0 spiro atoms. The van der Waals surface area contributed by atoms with Crippen molar-refractivity contribution in [3.8, 4) is 17.2 Å². The van der Waals surface area contributed by atoms with Crippen molar-refractivity contribution in [2.45, 2.75) is 18.9 Å². The van der Waals surface area contributed by atoms with Crippen LogP contribution in [-0.4, -0.2) is 49.2 Å². The summed E-state index contributed by atoms with van der Waals surface area (Å²) in [5, 5.41) is 0.857. The first-order chi connectivity index (χ1) is 14.6. The summed E-state index contributed by atoms with van der Waals surface area (Å²) >= 11 is 3.40. The SMILES string of the molecule is COc1cccc(C2=CN3C(=O)c4cc(OC)c(OCCCBr)cc4N=C[C@@H]3C2)c1. The molecule has 30 heavy (non-hydrogen) atoms. The number of hydrogen-bond acceptors (Lipinski definition) is 5. The molecule has 1 atom stereocenters. The van der Waals surface area contributed by atoms with Crippen LogP contribution in [-0.2, 0) is 0 Å². The maximum Gasteiger partial charge on any atom is 0.260 e. The van der Waals surface area contributed by atoms with E-state index in [1.807, 2.05) is 36.7 Å². The molecule has 2 aromatic carbocycles. The fourth-order valence-electron chi connectivity index (χ4n) is 3.63. The number of halogens is 1. The van der Waals surface area contributed by atoms with E-state index in [1.165, 1.54) is 0 Å². The molecule has 7 heteroatoms. The van der Waals surface area contributed by atoms with Crippen LogP contribution in [0.3, 0.4) is 0 Å². The minimum absolute atomic E-state index is 0.101. The van der Waals surface area contributed by atoms with Gasteiger partial charge in [-0.3, -0.25) is 9.79 Å². The van der Waals surface area contributed by atoms with Crippen molar-refractivity contribution in [1.82, 2.24) is 4.90 Å². The number of ether oxygens (including phenoxy) is 3. The summed E-state index contributed by atoms with van der Waals surface area (Å²) in [7, 11) is 3.22. The first-order valence-corrected chi connectivity index (χ1v) is 10.9. The molecule has 0 radical (unpaired) electrons. The minimum atomic E-state index is -0.130. The molecule has 2 aliphatic rings. The van der Waals surface area contributed by atoms with Crippen LogP contribution in [0.25, 0.3) is 5.57 Å². The molecule has 4 rings (SSSR count). The number of fused-ring (bicyclic) bond motifs is 2. The number of nitrogens with zero attached hydrogens (tertiary/aromatic N) is 2. The second-order valence-electron chi connectivity index (χ2n) is 7.06. The lowest BCUT2D eigenvalue weighted by Crippen LogP contribution is -2.32. The summed E-state index contributed by atoms with van der Waals surface area (Å²) in [6.07, 6.45) is 5.32. The molecule has 2 aliphatic heterocycles. The van der Waals surface area contributed by atoms with E-state index in [0.717, 1.165) is 28.6 Å². The fraction of sp³-hybridized carbons (Fsp3) is 0.304. The summed E-state index contributed by atoms with van der Waals surface area (Å²) in [4.78, 5) is 19.7. The van der Waals surface area contributed by atoms with Gasteiger partial charge in [0.1, 0.15) is 5.75 Å². The Morgan fingerprint density at radius 1 is 1.17 bits per heavy atom. The Balaban J connectivity index is 1.65. The lowest BCUT2D eigenvalue weighted by atomic mass is 10.0. The highest BCUT2D eigenvalue weighted by Crippen LogP contribution is 2.40. The summed E-state index contributed by atoms with van der Waals surface area (Å²) in [6, 6.07) is 11.2. The van der Waals surface area contributed by atoms with Crippen LogP contribution in [0, 0.1) is 0 Å².